The van der Waals surface area contributed by atoms with Crippen LogP contribution in [0.4, 0.5) is 5.82 Å². The van der Waals surface area contributed by atoms with Crippen molar-refractivity contribution in [3.05, 3.63) is 45.7 Å². The Labute approximate surface area is 208 Å². The Morgan fingerprint density at radius 1 is 1.24 bits per heavy atom. The molecule has 1 aromatic carbocycles. The molecular formula is C24H27Cl2N7O. The summed E-state index contributed by atoms with van der Waals surface area (Å²) in [6.45, 7) is 7.35. The number of aliphatic hydroxyl groups is 1. The zero-order chi connectivity index (χ0) is 23.8. The second-order valence-electron chi connectivity index (χ2n) is 9.24. The summed E-state index contributed by atoms with van der Waals surface area (Å²) in [5.74, 6) is 2.14. The number of benzene rings is 1. The fourth-order valence-corrected chi connectivity index (χ4v) is 5.68. The molecule has 2 fully saturated rings. The number of nitrogens with zero attached hydrogens (tertiary/aromatic N) is 7. The van der Waals surface area contributed by atoms with Crippen molar-refractivity contribution in [2.45, 2.75) is 25.8 Å². The van der Waals surface area contributed by atoms with Crippen LogP contribution in [-0.4, -0.2) is 69.1 Å². The van der Waals surface area contributed by atoms with Crippen molar-refractivity contribution in [2.75, 3.05) is 44.2 Å². The van der Waals surface area contributed by atoms with Gasteiger partial charge in [0, 0.05) is 42.8 Å². The van der Waals surface area contributed by atoms with Gasteiger partial charge in [-0.2, -0.15) is 10.4 Å². The van der Waals surface area contributed by atoms with E-state index in [0.717, 1.165) is 50.5 Å². The van der Waals surface area contributed by atoms with Gasteiger partial charge >= 0.3 is 0 Å². The van der Waals surface area contributed by atoms with Gasteiger partial charge in [-0.05, 0) is 55.8 Å². The maximum absolute atomic E-state index is 9.59. The van der Waals surface area contributed by atoms with Gasteiger partial charge in [-0.15, -0.1) is 0 Å². The Hall–Kier alpha value is -2.44. The molecule has 0 amide bonds. The van der Waals surface area contributed by atoms with Gasteiger partial charge in [-0.25, -0.2) is 14.6 Å². The molecule has 0 aliphatic carbocycles. The molecule has 10 heteroatoms. The van der Waals surface area contributed by atoms with E-state index < -0.39 is 0 Å². The third-order valence-corrected chi connectivity index (χ3v) is 7.68. The molecule has 5 rings (SSSR count). The van der Waals surface area contributed by atoms with Gasteiger partial charge in [-0.3, -0.25) is 0 Å². The van der Waals surface area contributed by atoms with E-state index in [-0.39, 0.29) is 18.3 Å². The van der Waals surface area contributed by atoms with Crippen LogP contribution in [0.1, 0.15) is 37.1 Å². The highest BCUT2D eigenvalue weighted by molar-refractivity contribution is 6.35. The zero-order valence-corrected chi connectivity index (χ0v) is 20.5. The van der Waals surface area contributed by atoms with Crippen molar-refractivity contribution in [2.24, 2.45) is 11.8 Å². The Kier molecular flexibility index (Phi) is 6.63. The average Bonchev–Trinajstić information content (AvgIpc) is 3.40. The van der Waals surface area contributed by atoms with Crippen molar-refractivity contribution in [1.82, 2.24) is 24.6 Å². The Balaban J connectivity index is 1.35. The number of halogens is 2. The molecule has 3 aromatic rings. The maximum atomic E-state index is 9.59. The molecule has 2 saturated heterocycles. The fourth-order valence-electron chi connectivity index (χ4n) is 5.11. The minimum atomic E-state index is -0.244. The predicted octanol–water partition coefficient (Wildman–Crippen LogP) is 3.75. The summed E-state index contributed by atoms with van der Waals surface area (Å²) in [4.78, 5) is 14.1. The molecule has 34 heavy (non-hydrogen) atoms. The van der Waals surface area contributed by atoms with Crippen LogP contribution < -0.4 is 4.90 Å². The zero-order valence-electron chi connectivity index (χ0n) is 19.0. The summed E-state index contributed by atoms with van der Waals surface area (Å²) >= 11 is 12.5. The van der Waals surface area contributed by atoms with Crippen molar-refractivity contribution >= 4 is 40.2 Å². The maximum Gasteiger partial charge on any atom is 0.190 e. The normalized spacial score (nSPS) is 20.0. The summed E-state index contributed by atoms with van der Waals surface area (Å²) < 4.78 is 1.73. The smallest absolute Gasteiger partial charge is 0.190 e. The highest BCUT2D eigenvalue weighted by Gasteiger charge is 2.38. The quantitative estimate of drug-likeness (QED) is 0.528. The number of aliphatic hydroxyl groups excluding tert-OH is 1. The first-order valence-electron chi connectivity index (χ1n) is 11.7. The third-order valence-electron chi connectivity index (χ3n) is 7.12. The Morgan fingerprint density at radius 2 is 2.06 bits per heavy atom. The van der Waals surface area contributed by atoms with Gasteiger partial charge in [-0.1, -0.05) is 29.3 Å². The van der Waals surface area contributed by atoms with Crippen molar-refractivity contribution in [3.63, 3.8) is 0 Å². The van der Waals surface area contributed by atoms with Crippen LogP contribution in [0.15, 0.2) is 24.4 Å². The molecule has 0 saturated carbocycles. The molecule has 8 nitrogen and oxygen atoms in total. The first kappa shape index (κ1) is 23.3. The molecule has 0 unspecified atom stereocenters. The van der Waals surface area contributed by atoms with Gasteiger partial charge in [0.2, 0.25) is 0 Å². The number of aromatic nitrogens is 4. The van der Waals surface area contributed by atoms with Gasteiger partial charge in [0.05, 0.1) is 12.2 Å². The molecule has 178 valence electrons. The molecule has 2 atom stereocenters. The molecule has 2 aliphatic heterocycles. The highest BCUT2D eigenvalue weighted by atomic mass is 35.5. The van der Waals surface area contributed by atoms with Crippen LogP contribution >= 0.6 is 23.2 Å². The van der Waals surface area contributed by atoms with E-state index in [4.69, 9.17) is 33.3 Å². The van der Waals surface area contributed by atoms with E-state index in [9.17, 15) is 5.26 Å². The lowest BCUT2D eigenvalue weighted by molar-refractivity contribution is 0.226. The molecule has 0 bridgehead atoms. The lowest BCUT2D eigenvalue weighted by Gasteiger charge is -2.43. The largest absolute Gasteiger partial charge is 0.396 e. The number of anilines is 1. The van der Waals surface area contributed by atoms with Gasteiger partial charge in [0.25, 0.3) is 0 Å². The van der Waals surface area contributed by atoms with Crippen LogP contribution in [0.2, 0.25) is 10.0 Å². The molecule has 2 aromatic heterocycles. The third kappa shape index (κ3) is 4.34. The second-order valence-corrected chi connectivity index (χ2v) is 10.1. The van der Waals surface area contributed by atoms with Crippen LogP contribution in [0, 0.1) is 23.2 Å². The molecule has 0 spiro atoms. The molecule has 4 heterocycles. The topological polar surface area (TPSA) is 94.1 Å². The monoisotopic (exact) mass is 499 g/mol. The molecule has 2 aliphatic rings. The summed E-state index contributed by atoms with van der Waals surface area (Å²) in [6, 6.07) is 7.26. The van der Waals surface area contributed by atoms with Crippen LogP contribution in [-0.2, 0) is 0 Å². The van der Waals surface area contributed by atoms with Crippen LogP contribution in [0.5, 0.6) is 0 Å². The van der Waals surface area contributed by atoms with Gasteiger partial charge < -0.3 is 14.9 Å². The van der Waals surface area contributed by atoms with E-state index >= 15 is 0 Å². The van der Waals surface area contributed by atoms with Gasteiger partial charge in [0.15, 0.2) is 11.3 Å². The summed E-state index contributed by atoms with van der Waals surface area (Å²) in [7, 11) is 0. The number of fused-ring (bicyclic) bond motifs is 1. The predicted molar refractivity (Wildman–Crippen MR) is 132 cm³/mol. The fraction of sp³-hybridized carbons (Fsp3) is 0.500. The average molecular weight is 500 g/mol. The Morgan fingerprint density at radius 3 is 2.79 bits per heavy atom. The molecular weight excluding hydrogens is 473 g/mol. The lowest BCUT2D eigenvalue weighted by Crippen LogP contribution is -2.51. The number of hydrogen-bond acceptors (Lipinski definition) is 7. The standard InChI is InChI=1S/C24H27Cl2N7O/c1-15(19-4-3-18(25)9-20(19)26)33-24-23(21(10-27)30-33)28-11-22(29-24)32-13-17(14-32)16-5-7-31(12-16)6-2-8-34/h3-4,9,11,15-17,34H,2,5-8,12-14H2,1H3/t15-,16+/m1/s1. The molecule has 0 radical (unpaired) electrons. The van der Waals surface area contributed by atoms with E-state index in [1.807, 2.05) is 13.0 Å². The van der Waals surface area contributed by atoms with Gasteiger partial charge in [0.1, 0.15) is 17.4 Å². The summed E-state index contributed by atoms with van der Waals surface area (Å²) in [5.41, 5.74) is 2.17. The first-order chi connectivity index (χ1) is 16.5. The lowest BCUT2D eigenvalue weighted by atomic mass is 9.85. The number of likely N-dealkylation sites (tertiary alicyclic amines) is 1. The second kappa shape index (κ2) is 9.67. The highest BCUT2D eigenvalue weighted by Crippen LogP contribution is 2.35. The first-order valence-corrected chi connectivity index (χ1v) is 12.4. The summed E-state index contributed by atoms with van der Waals surface area (Å²) in [5, 5.41) is 24.3. The van der Waals surface area contributed by atoms with Crippen molar-refractivity contribution in [3.8, 4) is 6.07 Å². The minimum Gasteiger partial charge on any atom is -0.396 e. The summed E-state index contributed by atoms with van der Waals surface area (Å²) in [6.07, 6.45) is 3.80. The number of rotatable bonds is 7. The molecule has 1 N–H and O–H groups in total. The minimum absolute atomic E-state index is 0.244. The SMILES string of the molecule is C[C@H](c1ccc(Cl)cc1Cl)n1nc(C#N)c2ncc(N3CC([C@H]4CCN(CCCO)C4)C3)nc21. The van der Waals surface area contributed by atoms with Crippen molar-refractivity contribution in [1.29, 1.82) is 5.26 Å². The van der Waals surface area contributed by atoms with Crippen LogP contribution in [0.25, 0.3) is 11.2 Å². The van der Waals surface area contributed by atoms with E-state index in [1.165, 1.54) is 6.42 Å². The number of hydrogen-bond donors (Lipinski definition) is 1. The van der Waals surface area contributed by atoms with Crippen LogP contribution in [0.3, 0.4) is 0 Å². The number of nitriles is 1. The van der Waals surface area contributed by atoms with E-state index in [0.29, 0.717) is 33.0 Å². The van der Waals surface area contributed by atoms with E-state index in [1.54, 1.807) is 23.0 Å². The Bertz CT molecular complexity index is 1230. The van der Waals surface area contributed by atoms with Crippen molar-refractivity contribution < 1.29 is 5.11 Å². The van der Waals surface area contributed by atoms with E-state index in [2.05, 4.69) is 26.0 Å².